The molecule has 1 heteroatoms. The van der Waals surface area contributed by atoms with E-state index in [9.17, 15) is 0 Å². The first kappa shape index (κ1) is 6.83. The van der Waals surface area contributed by atoms with Crippen molar-refractivity contribution in [3.8, 4) is 0 Å². The molecule has 0 N–H and O–H groups in total. The van der Waals surface area contributed by atoms with Gasteiger partial charge >= 0.3 is 0 Å². The summed E-state index contributed by atoms with van der Waals surface area (Å²) in [4.78, 5) is 0. The van der Waals surface area contributed by atoms with Crippen molar-refractivity contribution in [1.82, 2.24) is 0 Å². The highest BCUT2D eigenvalue weighted by atomic mass is 32.1. The van der Waals surface area contributed by atoms with E-state index in [1.165, 1.54) is 5.57 Å². The molecule has 0 saturated heterocycles. The molecular weight excluding hydrogens is 104 g/mol. The smallest absolute Gasteiger partial charge is 0.00396 e. The van der Waals surface area contributed by atoms with Crippen LogP contribution in [-0.4, -0.2) is 5.37 Å². The number of rotatable bonds is 2. The highest BCUT2D eigenvalue weighted by Gasteiger charge is 1.73. The molecule has 0 atom stereocenters. The predicted octanol–water partition coefficient (Wildman–Crippen LogP) is 2.34. The lowest BCUT2D eigenvalue weighted by atomic mass is 10.3. The Hall–Kier alpha value is -0.170. The summed E-state index contributed by atoms with van der Waals surface area (Å²) in [7, 11) is 0. The van der Waals surface area contributed by atoms with Crippen LogP contribution in [0, 0.1) is 0 Å². The van der Waals surface area contributed by atoms with Crippen LogP contribution >= 0.6 is 12.2 Å². The molecule has 40 valence electrons. The molecule has 0 unspecified atom stereocenters. The van der Waals surface area contributed by atoms with Gasteiger partial charge in [-0.3, -0.25) is 0 Å². The van der Waals surface area contributed by atoms with Crippen LogP contribution < -0.4 is 0 Å². The zero-order valence-electron chi connectivity index (χ0n) is 4.77. The van der Waals surface area contributed by atoms with Crippen LogP contribution in [0.4, 0.5) is 0 Å². The summed E-state index contributed by atoms with van der Waals surface area (Å²) in [6.07, 6.45) is 3.19. The van der Waals surface area contributed by atoms with Gasteiger partial charge in [0.1, 0.15) is 0 Å². The molecule has 7 heavy (non-hydrogen) atoms. The highest BCUT2D eigenvalue weighted by Crippen LogP contribution is 1.88. The van der Waals surface area contributed by atoms with Crippen LogP contribution in [0.1, 0.15) is 20.3 Å². The molecular formula is C6H10S. The molecule has 0 saturated carbocycles. The second kappa shape index (κ2) is 4.00. The van der Waals surface area contributed by atoms with E-state index >= 15 is 0 Å². The lowest BCUT2D eigenvalue weighted by Gasteiger charge is -1.81. The maximum absolute atomic E-state index is 4.65. The SMILES string of the molecule is CC/C=C(/C)C=S. The second-order valence-corrected chi connectivity index (χ2v) is 1.71. The summed E-state index contributed by atoms with van der Waals surface area (Å²) in [5, 5.41) is 1.70. The van der Waals surface area contributed by atoms with Crippen molar-refractivity contribution < 1.29 is 0 Å². The average molecular weight is 114 g/mol. The van der Waals surface area contributed by atoms with Gasteiger partial charge in [-0.25, -0.2) is 0 Å². The minimum Gasteiger partial charge on any atom is -0.0885 e. The van der Waals surface area contributed by atoms with E-state index in [4.69, 9.17) is 0 Å². The lowest BCUT2D eigenvalue weighted by molar-refractivity contribution is 1.21. The molecule has 0 radical (unpaired) electrons. The quantitative estimate of drug-likeness (QED) is 0.392. The monoisotopic (exact) mass is 114 g/mol. The van der Waals surface area contributed by atoms with Gasteiger partial charge in [0.05, 0.1) is 0 Å². The van der Waals surface area contributed by atoms with Gasteiger partial charge in [-0.15, -0.1) is 0 Å². The minimum absolute atomic E-state index is 1.08. The Kier molecular flexibility index (Phi) is 3.90. The van der Waals surface area contributed by atoms with Crippen molar-refractivity contribution in [3.05, 3.63) is 11.6 Å². The van der Waals surface area contributed by atoms with Gasteiger partial charge in [-0.1, -0.05) is 25.2 Å². The van der Waals surface area contributed by atoms with Gasteiger partial charge in [0.25, 0.3) is 0 Å². The van der Waals surface area contributed by atoms with Crippen LogP contribution in [0.2, 0.25) is 0 Å². The largest absolute Gasteiger partial charge is 0.0885 e. The number of allylic oxidation sites excluding steroid dienone is 2. The summed E-state index contributed by atoms with van der Waals surface area (Å²) in [5.41, 5.74) is 1.19. The summed E-state index contributed by atoms with van der Waals surface area (Å²) in [6.45, 7) is 4.11. The van der Waals surface area contributed by atoms with Gasteiger partial charge in [0, 0.05) is 5.37 Å². The molecule has 0 amide bonds. The maximum atomic E-state index is 4.65. The normalized spacial score (nSPS) is 11.4. The third-order valence-corrected chi connectivity index (χ3v) is 1.08. The van der Waals surface area contributed by atoms with Crippen molar-refractivity contribution in [3.63, 3.8) is 0 Å². The molecule has 0 aliphatic carbocycles. The molecule has 0 aromatic heterocycles. The molecule has 0 aromatic carbocycles. The molecule has 0 bridgehead atoms. The van der Waals surface area contributed by atoms with E-state index in [2.05, 4.69) is 25.2 Å². The fraction of sp³-hybridized carbons (Fsp3) is 0.500. The summed E-state index contributed by atoms with van der Waals surface area (Å²) >= 11 is 4.65. The zero-order chi connectivity index (χ0) is 5.70. The van der Waals surface area contributed by atoms with Crippen molar-refractivity contribution in [2.24, 2.45) is 0 Å². The predicted molar refractivity (Wildman–Crippen MR) is 37.7 cm³/mol. The molecule has 0 heterocycles. The molecule has 0 aliphatic rings. The van der Waals surface area contributed by atoms with Crippen LogP contribution in [0.5, 0.6) is 0 Å². The minimum atomic E-state index is 1.08. The van der Waals surface area contributed by atoms with Crippen LogP contribution in [-0.2, 0) is 0 Å². The maximum Gasteiger partial charge on any atom is 0.00396 e. The number of hydrogen-bond donors (Lipinski definition) is 0. The lowest BCUT2D eigenvalue weighted by Crippen LogP contribution is -1.69. The van der Waals surface area contributed by atoms with E-state index in [0.717, 1.165) is 6.42 Å². The fourth-order valence-electron chi connectivity index (χ4n) is 0.370. The fourth-order valence-corrected chi connectivity index (χ4v) is 0.466. The van der Waals surface area contributed by atoms with E-state index in [-0.39, 0.29) is 0 Å². The topological polar surface area (TPSA) is 0 Å². The van der Waals surface area contributed by atoms with E-state index in [1.807, 2.05) is 6.92 Å². The first-order valence-corrected chi connectivity index (χ1v) is 2.90. The molecule has 0 spiro atoms. The van der Waals surface area contributed by atoms with E-state index in [1.54, 1.807) is 5.37 Å². The van der Waals surface area contributed by atoms with Crippen molar-refractivity contribution in [2.45, 2.75) is 20.3 Å². The van der Waals surface area contributed by atoms with Gasteiger partial charge < -0.3 is 0 Å². The number of thiocarbonyl (C=S) groups is 1. The number of hydrogen-bond acceptors (Lipinski definition) is 1. The Morgan fingerprint density at radius 2 is 2.29 bits per heavy atom. The van der Waals surface area contributed by atoms with Gasteiger partial charge in [0.2, 0.25) is 0 Å². The Bertz CT molecular complexity index is 82.2. The van der Waals surface area contributed by atoms with Crippen molar-refractivity contribution >= 4 is 17.6 Å². The summed E-state index contributed by atoms with van der Waals surface area (Å²) < 4.78 is 0. The van der Waals surface area contributed by atoms with Gasteiger partial charge in [0.15, 0.2) is 0 Å². The molecule has 0 nitrogen and oxygen atoms in total. The Morgan fingerprint density at radius 3 is 2.43 bits per heavy atom. The van der Waals surface area contributed by atoms with Gasteiger partial charge in [-0.2, -0.15) is 0 Å². The van der Waals surface area contributed by atoms with E-state index in [0.29, 0.717) is 0 Å². The third-order valence-electron chi connectivity index (χ3n) is 0.712. The Labute approximate surface area is 50.2 Å². The summed E-state index contributed by atoms with van der Waals surface area (Å²) in [5.74, 6) is 0. The van der Waals surface area contributed by atoms with Crippen LogP contribution in [0.25, 0.3) is 0 Å². The first-order chi connectivity index (χ1) is 3.31. The molecule has 0 aliphatic heterocycles. The Balaban J connectivity index is 3.49. The summed E-state index contributed by atoms with van der Waals surface area (Å²) in [6, 6.07) is 0. The molecule has 0 aromatic rings. The standard InChI is InChI=1S/C6H10S/c1-3-4-6(2)5-7/h4-5H,3H2,1-2H3/b6-4-. The van der Waals surface area contributed by atoms with Crippen molar-refractivity contribution in [1.29, 1.82) is 0 Å². The second-order valence-electron chi connectivity index (χ2n) is 1.47. The average Bonchev–Trinajstić information content (AvgIpc) is 1.68. The molecule has 0 rings (SSSR count). The zero-order valence-corrected chi connectivity index (χ0v) is 5.59. The van der Waals surface area contributed by atoms with Gasteiger partial charge in [-0.05, 0) is 18.9 Å². The Morgan fingerprint density at radius 1 is 1.71 bits per heavy atom. The highest BCUT2D eigenvalue weighted by molar-refractivity contribution is 7.79. The van der Waals surface area contributed by atoms with Crippen LogP contribution in [0.3, 0.4) is 0 Å². The third kappa shape index (κ3) is 3.67. The van der Waals surface area contributed by atoms with Crippen molar-refractivity contribution in [2.75, 3.05) is 0 Å². The first-order valence-electron chi connectivity index (χ1n) is 2.43. The van der Waals surface area contributed by atoms with Crippen LogP contribution in [0.15, 0.2) is 11.6 Å². The molecule has 0 fully saturated rings. The van der Waals surface area contributed by atoms with E-state index < -0.39 is 0 Å².